The zero-order chi connectivity index (χ0) is 18.1. The van der Waals surface area contributed by atoms with E-state index in [4.69, 9.17) is 0 Å². The molecular weight excluding hydrogens is 347 g/mol. The van der Waals surface area contributed by atoms with E-state index in [0.29, 0.717) is 11.6 Å². The maximum absolute atomic E-state index is 12.9. The molecule has 1 amide bonds. The molecule has 0 aliphatic rings. The van der Waals surface area contributed by atoms with E-state index in [1.54, 1.807) is 0 Å². The van der Waals surface area contributed by atoms with E-state index in [9.17, 15) is 26.4 Å². The van der Waals surface area contributed by atoms with Crippen LogP contribution in [-0.4, -0.2) is 37.6 Å². The third-order valence-corrected chi connectivity index (χ3v) is 3.84. The number of aromatic nitrogens is 2. The number of rotatable bonds is 3. The Labute approximate surface area is 135 Å². The number of carbonyl (C=O) groups is 1. The Kier molecular flexibility index (Phi) is 4.61. The van der Waals surface area contributed by atoms with Crippen molar-refractivity contribution < 1.29 is 26.4 Å². The maximum Gasteiger partial charge on any atom is 0.433 e. The molecule has 6 nitrogen and oxygen atoms in total. The Bertz CT molecular complexity index is 878. The minimum Gasteiger partial charge on any atom is -0.355 e. The number of carbonyl (C=O) groups excluding carboxylic acids is 1. The zero-order valence-electron chi connectivity index (χ0n) is 12.5. The van der Waals surface area contributed by atoms with Crippen LogP contribution < -0.4 is 5.32 Å². The number of benzene rings is 1. The average molecular weight is 359 g/mol. The summed E-state index contributed by atoms with van der Waals surface area (Å²) in [6, 6.07) is 6.19. The molecule has 0 bridgehead atoms. The standard InChI is InChI=1S/C14H12F3N3O3S/c1-18-12(21)9-5-3-8(4-6-9)10-7-11(14(15,16)17)20-13(19-10)24(2,22)23/h3-7H,1-2H3,(H,18,21). The van der Waals surface area contributed by atoms with E-state index < -0.39 is 26.9 Å². The Hall–Kier alpha value is -2.49. The molecule has 1 N–H and O–H groups in total. The smallest absolute Gasteiger partial charge is 0.355 e. The third kappa shape index (κ3) is 3.88. The van der Waals surface area contributed by atoms with E-state index in [1.165, 1.54) is 31.3 Å². The number of amides is 1. The number of hydrogen-bond donors (Lipinski definition) is 1. The van der Waals surface area contributed by atoms with E-state index in [2.05, 4.69) is 15.3 Å². The molecule has 1 heterocycles. The normalized spacial score (nSPS) is 12.0. The van der Waals surface area contributed by atoms with Gasteiger partial charge in [0.25, 0.3) is 5.91 Å². The molecule has 0 unspecified atom stereocenters. The summed E-state index contributed by atoms with van der Waals surface area (Å²) in [6.07, 6.45) is -4.10. The average Bonchev–Trinajstić information content (AvgIpc) is 2.52. The lowest BCUT2D eigenvalue weighted by molar-refractivity contribution is -0.141. The van der Waals surface area contributed by atoms with Crippen molar-refractivity contribution in [3.8, 4) is 11.3 Å². The van der Waals surface area contributed by atoms with Gasteiger partial charge in [0, 0.05) is 24.4 Å². The molecule has 128 valence electrons. The van der Waals surface area contributed by atoms with E-state index >= 15 is 0 Å². The highest BCUT2D eigenvalue weighted by Crippen LogP contribution is 2.31. The molecule has 0 aliphatic carbocycles. The molecule has 24 heavy (non-hydrogen) atoms. The lowest BCUT2D eigenvalue weighted by Gasteiger charge is -2.10. The van der Waals surface area contributed by atoms with Gasteiger partial charge in [-0.3, -0.25) is 4.79 Å². The molecule has 1 aromatic carbocycles. The van der Waals surface area contributed by atoms with Crippen LogP contribution >= 0.6 is 0 Å². The van der Waals surface area contributed by atoms with Crippen LogP contribution in [0.4, 0.5) is 13.2 Å². The van der Waals surface area contributed by atoms with Gasteiger partial charge in [0.15, 0.2) is 0 Å². The molecule has 2 rings (SSSR count). The second-order valence-corrected chi connectivity index (χ2v) is 6.76. The molecule has 0 saturated carbocycles. The molecule has 0 saturated heterocycles. The lowest BCUT2D eigenvalue weighted by Crippen LogP contribution is -2.17. The number of hydrogen-bond acceptors (Lipinski definition) is 5. The van der Waals surface area contributed by atoms with Crippen molar-refractivity contribution in [3.05, 3.63) is 41.6 Å². The summed E-state index contributed by atoms with van der Waals surface area (Å²) >= 11 is 0. The monoisotopic (exact) mass is 359 g/mol. The molecule has 0 spiro atoms. The van der Waals surface area contributed by atoms with Crippen molar-refractivity contribution in [1.29, 1.82) is 0 Å². The molecule has 1 aromatic heterocycles. The van der Waals surface area contributed by atoms with Gasteiger partial charge < -0.3 is 5.32 Å². The summed E-state index contributed by atoms with van der Waals surface area (Å²) in [5, 5.41) is 1.49. The highest BCUT2D eigenvalue weighted by Gasteiger charge is 2.34. The summed E-state index contributed by atoms with van der Waals surface area (Å²) < 4.78 is 61.9. The molecule has 2 aromatic rings. The van der Waals surface area contributed by atoms with Gasteiger partial charge in [0.05, 0.1) is 5.69 Å². The fourth-order valence-electron chi connectivity index (χ4n) is 1.82. The van der Waals surface area contributed by atoms with Crippen LogP contribution in [0.1, 0.15) is 16.1 Å². The third-order valence-electron chi connectivity index (χ3n) is 3.00. The van der Waals surface area contributed by atoms with Crippen molar-refractivity contribution in [2.75, 3.05) is 13.3 Å². The van der Waals surface area contributed by atoms with Crippen molar-refractivity contribution >= 4 is 15.7 Å². The van der Waals surface area contributed by atoms with Crippen LogP contribution in [0.2, 0.25) is 0 Å². The van der Waals surface area contributed by atoms with Crippen LogP contribution in [0.3, 0.4) is 0 Å². The van der Waals surface area contributed by atoms with Crippen LogP contribution in [0, 0.1) is 0 Å². The first-order chi connectivity index (χ1) is 11.0. The van der Waals surface area contributed by atoms with Gasteiger partial charge in [-0.1, -0.05) is 12.1 Å². The highest BCUT2D eigenvalue weighted by molar-refractivity contribution is 7.90. The number of nitrogens with zero attached hydrogens (tertiary/aromatic N) is 2. The van der Waals surface area contributed by atoms with E-state index in [0.717, 1.165) is 6.26 Å². The van der Waals surface area contributed by atoms with E-state index in [1.807, 2.05) is 0 Å². The molecule has 0 radical (unpaired) electrons. The Balaban J connectivity index is 2.59. The maximum atomic E-state index is 12.9. The summed E-state index contributed by atoms with van der Waals surface area (Å²) in [5.41, 5.74) is -1.04. The van der Waals surface area contributed by atoms with Crippen molar-refractivity contribution in [1.82, 2.24) is 15.3 Å². The summed E-state index contributed by atoms with van der Waals surface area (Å²) in [6.45, 7) is 0. The highest BCUT2D eigenvalue weighted by atomic mass is 32.2. The largest absolute Gasteiger partial charge is 0.433 e. The van der Waals surface area contributed by atoms with Crippen molar-refractivity contribution in [3.63, 3.8) is 0 Å². The van der Waals surface area contributed by atoms with Gasteiger partial charge in [-0.2, -0.15) is 13.2 Å². The first-order valence-corrected chi connectivity index (χ1v) is 8.40. The Morgan fingerprint density at radius 3 is 2.17 bits per heavy atom. The molecule has 0 atom stereocenters. The van der Waals surface area contributed by atoms with Crippen LogP contribution in [0.5, 0.6) is 0 Å². The Morgan fingerprint density at radius 2 is 1.71 bits per heavy atom. The van der Waals surface area contributed by atoms with Gasteiger partial charge in [0.2, 0.25) is 15.0 Å². The Morgan fingerprint density at radius 1 is 1.12 bits per heavy atom. The first-order valence-electron chi connectivity index (χ1n) is 6.51. The second-order valence-electron chi connectivity index (χ2n) is 4.85. The number of alkyl halides is 3. The van der Waals surface area contributed by atoms with Gasteiger partial charge in [-0.15, -0.1) is 0 Å². The van der Waals surface area contributed by atoms with Crippen LogP contribution in [0.25, 0.3) is 11.3 Å². The van der Waals surface area contributed by atoms with Gasteiger partial charge in [-0.05, 0) is 18.2 Å². The quantitative estimate of drug-likeness (QED) is 0.846. The van der Waals surface area contributed by atoms with Crippen LogP contribution in [-0.2, 0) is 16.0 Å². The lowest BCUT2D eigenvalue weighted by atomic mass is 10.1. The number of halogens is 3. The minimum absolute atomic E-state index is 0.207. The van der Waals surface area contributed by atoms with Crippen LogP contribution in [0.15, 0.2) is 35.5 Å². The molecule has 10 heteroatoms. The zero-order valence-corrected chi connectivity index (χ0v) is 13.4. The summed E-state index contributed by atoms with van der Waals surface area (Å²) in [7, 11) is -2.59. The van der Waals surface area contributed by atoms with E-state index in [-0.39, 0.29) is 17.2 Å². The number of sulfone groups is 1. The second kappa shape index (κ2) is 6.19. The molecule has 0 aliphatic heterocycles. The fourth-order valence-corrected chi connectivity index (χ4v) is 2.35. The SMILES string of the molecule is CNC(=O)c1ccc(-c2cc(C(F)(F)F)nc(S(C)(=O)=O)n2)cc1. The molecular formula is C14H12F3N3O3S. The minimum atomic E-state index is -4.82. The topological polar surface area (TPSA) is 89.0 Å². The summed E-state index contributed by atoms with van der Waals surface area (Å²) in [4.78, 5) is 18.2. The van der Waals surface area contributed by atoms with Crippen molar-refractivity contribution in [2.24, 2.45) is 0 Å². The molecule has 0 fully saturated rings. The predicted molar refractivity (Wildman–Crippen MR) is 79.0 cm³/mol. The number of nitrogens with one attached hydrogen (secondary N) is 1. The van der Waals surface area contributed by atoms with Gasteiger partial charge in [-0.25, -0.2) is 18.4 Å². The van der Waals surface area contributed by atoms with Gasteiger partial charge >= 0.3 is 6.18 Å². The summed E-state index contributed by atoms with van der Waals surface area (Å²) in [5.74, 6) is -0.364. The first kappa shape index (κ1) is 17.9. The van der Waals surface area contributed by atoms with Crippen molar-refractivity contribution in [2.45, 2.75) is 11.3 Å². The predicted octanol–water partition coefficient (Wildman–Crippen LogP) is 1.93. The van der Waals surface area contributed by atoms with Gasteiger partial charge in [0.1, 0.15) is 5.69 Å². The fraction of sp³-hybridized carbons (Fsp3) is 0.214.